The van der Waals surface area contributed by atoms with Crippen LogP contribution in [0.2, 0.25) is 0 Å². The highest BCUT2D eigenvalue weighted by molar-refractivity contribution is 7.98. The van der Waals surface area contributed by atoms with Crippen LogP contribution in [0.15, 0.2) is 83.8 Å². The van der Waals surface area contributed by atoms with E-state index < -0.39 is 12.2 Å². The lowest BCUT2D eigenvalue weighted by atomic mass is 10.0. The summed E-state index contributed by atoms with van der Waals surface area (Å²) in [4.78, 5) is 25.9. The molecule has 0 aliphatic rings. The zero-order chi connectivity index (χ0) is 26.6. The summed E-state index contributed by atoms with van der Waals surface area (Å²) in [6.07, 6.45) is 5.65. The van der Waals surface area contributed by atoms with Crippen molar-refractivity contribution in [2.24, 2.45) is 0 Å². The lowest BCUT2D eigenvalue weighted by Gasteiger charge is -2.19. The molecule has 194 valence electrons. The van der Waals surface area contributed by atoms with Gasteiger partial charge in [-0.1, -0.05) is 24.3 Å². The van der Waals surface area contributed by atoms with E-state index in [2.05, 4.69) is 10.6 Å². The first-order valence-electron chi connectivity index (χ1n) is 11.7. The van der Waals surface area contributed by atoms with Gasteiger partial charge in [0.1, 0.15) is 6.10 Å². The van der Waals surface area contributed by atoms with Crippen LogP contribution < -0.4 is 21.1 Å². The first-order valence-corrected chi connectivity index (χ1v) is 12.9. The minimum absolute atomic E-state index is 0.0431. The van der Waals surface area contributed by atoms with E-state index in [1.807, 2.05) is 18.4 Å². The number of aromatic hydroxyl groups is 1. The van der Waals surface area contributed by atoms with E-state index >= 15 is 0 Å². The van der Waals surface area contributed by atoms with Crippen LogP contribution in [-0.4, -0.2) is 30.5 Å². The van der Waals surface area contributed by atoms with Gasteiger partial charge in [-0.05, 0) is 85.7 Å². The Kier molecular flexibility index (Phi) is 10.3. The Bertz CT molecular complexity index is 1230. The van der Waals surface area contributed by atoms with Crippen LogP contribution in [0, 0.1) is 0 Å². The Morgan fingerprint density at radius 3 is 2.51 bits per heavy atom. The van der Waals surface area contributed by atoms with Crippen LogP contribution in [0.3, 0.4) is 0 Å². The van der Waals surface area contributed by atoms with Gasteiger partial charge < -0.3 is 25.6 Å². The van der Waals surface area contributed by atoms with E-state index in [4.69, 9.17) is 15.2 Å². The number of phenolic OH excluding ortho intramolecular Hbond substituents is 1. The minimum atomic E-state index is -0.617. The fourth-order valence-electron chi connectivity index (χ4n) is 3.55. The molecule has 0 bridgehead atoms. The molecule has 3 aromatic rings. The van der Waals surface area contributed by atoms with E-state index in [1.165, 1.54) is 19.3 Å². The highest BCUT2D eigenvalue weighted by atomic mass is 32.2. The fourth-order valence-corrected chi connectivity index (χ4v) is 3.96. The molecule has 9 heteroatoms. The number of carbonyl (C=O) groups excluding carboxylic acids is 2. The monoisotopic (exact) mass is 521 g/mol. The van der Waals surface area contributed by atoms with Crippen molar-refractivity contribution in [1.29, 1.82) is 0 Å². The van der Waals surface area contributed by atoms with E-state index in [0.29, 0.717) is 47.6 Å². The number of phenols is 1. The lowest BCUT2D eigenvalue weighted by molar-refractivity contribution is -0.111. The van der Waals surface area contributed by atoms with Gasteiger partial charge in [-0.25, -0.2) is 4.79 Å². The van der Waals surface area contributed by atoms with E-state index in [-0.39, 0.29) is 11.7 Å². The third-order valence-corrected chi connectivity index (χ3v) is 6.23. The molecule has 0 aromatic heterocycles. The van der Waals surface area contributed by atoms with Crippen molar-refractivity contribution in [3.05, 3.63) is 84.4 Å². The van der Waals surface area contributed by atoms with Gasteiger partial charge in [-0.15, -0.1) is 11.8 Å². The van der Waals surface area contributed by atoms with Gasteiger partial charge in [0, 0.05) is 10.6 Å². The molecular weight excluding hydrogens is 490 g/mol. The van der Waals surface area contributed by atoms with Crippen molar-refractivity contribution in [3.63, 3.8) is 0 Å². The number of anilines is 3. The standard InChI is InChI=1S/C28H31N3O5S/c1-35-26-17-12-19(18-24(26)32)25(36-28(34)30-20-13-15-21(37-2)16-14-20)10-4-3-5-11-27(33)31-23-9-7-6-8-22(23)29/h5-9,11-18,25,32H,3-4,10,29H2,1-2H3,(H,30,34)(H,31,33)/b11-5+/t25-/m1/s1. The van der Waals surface area contributed by atoms with Gasteiger partial charge in [0.2, 0.25) is 5.91 Å². The number of hydrogen-bond acceptors (Lipinski definition) is 7. The average Bonchev–Trinajstić information content (AvgIpc) is 2.89. The second kappa shape index (κ2) is 13.8. The summed E-state index contributed by atoms with van der Waals surface area (Å²) in [5.41, 5.74) is 8.15. The number of benzene rings is 3. The first-order chi connectivity index (χ1) is 17.9. The number of thioether (sulfide) groups is 1. The molecule has 0 aliphatic heterocycles. The third-order valence-electron chi connectivity index (χ3n) is 5.49. The van der Waals surface area contributed by atoms with Crippen LogP contribution in [0.25, 0.3) is 0 Å². The predicted octanol–water partition coefficient (Wildman–Crippen LogP) is 6.36. The van der Waals surface area contributed by atoms with Gasteiger partial charge in [-0.2, -0.15) is 0 Å². The third kappa shape index (κ3) is 8.50. The van der Waals surface area contributed by atoms with Gasteiger partial charge in [-0.3, -0.25) is 10.1 Å². The minimum Gasteiger partial charge on any atom is -0.504 e. The molecule has 0 fully saturated rings. The average molecular weight is 522 g/mol. The van der Waals surface area contributed by atoms with Crippen molar-refractivity contribution >= 4 is 40.8 Å². The smallest absolute Gasteiger partial charge is 0.412 e. The number of amides is 2. The number of methoxy groups -OCH3 is 1. The maximum Gasteiger partial charge on any atom is 0.412 e. The molecule has 0 saturated carbocycles. The number of allylic oxidation sites excluding steroid dienone is 1. The molecule has 0 saturated heterocycles. The van der Waals surface area contributed by atoms with Crippen LogP contribution in [0.1, 0.15) is 30.9 Å². The summed E-state index contributed by atoms with van der Waals surface area (Å²) in [5, 5.41) is 15.7. The number of nitrogens with two attached hydrogens (primary N) is 1. The van der Waals surface area contributed by atoms with Gasteiger partial charge in [0.15, 0.2) is 11.5 Å². The molecular formula is C28H31N3O5S. The molecule has 0 unspecified atom stereocenters. The molecule has 0 aliphatic carbocycles. The number of hydrogen-bond donors (Lipinski definition) is 4. The van der Waals surface area contributed by atoms with E-state index in [0.717, 1.165) is 4.90 Å². The van der Waals surface area contributed by atoms with Crippen molar-refractivity contribution < 1.29 is 24.2 Å². The molecule has 5 N–H and O–H groups in total. The highest BCUT2D eigenvalue weighted by Gasteiger charge is 2.18. The lowest BCUT2D eigenvalue weighted by Crippen LogP contribution is -2.17. The van der Waals surface area contributed by atoms with Crippen molar-refractivity contribution in [2.75, 3.05) is 29.7 Å². The maximum atomic E-state index is 12.6. The van der Waals surface area contributed by atoms with E-state index in [9.17, 15) is 14.7 Å². The largest absolute Gasteiger partial charge is 0.504 e. The molecule has 0 heterocycles. The summed E-state index contributed by atoms with van der Waals surface area (Å²) in [7, 11) is 1.47. The first kappa shape index (κ1) is 27.5. The number of para-hydroxylation sites is 2. The molecule has 0 radical (unpaired) electrons. The van der Waals surface area contributed by atoms with Gasteiger partial charge >= 0.3 is 6.09 Å². The predicted molar refractivity (Wildman–Crippen MR) is 148 cm³/mol. The number of carbonyl (C=O) groups is 2. The zero-order valence-electron chi connectivity index (χ0n) is 20.8. The topological polar surface area (TPSA) is 123 Å². The second-order valence-electron chi connectivity index (χ2n) is 8.09. The molecule has 8 nitrogen and oxygen atoms in total. The maximum absolute atomic E-state index is 12.6. The quantitative estimate of drug-likeness (QED) is 0.100. The summed E-state index contributed by atoms with van der Waals surface area (Å²) in [5.74, 6) is 0.00453. The van der Waals surface area contributed by atoms with Crippen LogP contribution in [0.5, 0.6) is 11.5 Å². The van der Waals surface area contributed by atoms with Crippen molar-refractivity contribution in [3.8, 4) is 11.5 Å². The summed E-state index contributed by atoms with van der Waals surface area (Å²) < 4.78 is 10.8. The number of nitrogens with one attached hydrogen (secondary N) is 2. The highest BCUT2D eigenvalue weighted by Crippen LogP contribution is 2.32. The normalized spacial score (nSPS) is 11.6. The van der Waals surface area contributed by atoms with Crippen LogP contribution >= 0.6 is 11.8 Å². The van der Waals surface area contributed by atoms with Crippen molar-refractivity contribution in [1.82, 2.24) is 0 Å². The summed E-state index contributed by atoms with van der Waals surface area (Å²) in [6.45, 7) is 0. The molecule has 1 atom stereocenters. The Balaban J connectivity index is 1.60. The summed E-state index contributed by atoms with van der Waals surface area (Å²) in [6, 6.07) is 19.4. The number of rotatable bonds is 11. The molecule has 2 amide bonds. The zero-order valence-corrected chi connectivity index (χ0v) is 21.6. The molecule has 0 spiro atoms. The van der Waals surface area contributed by atoms with Gasteiger partial charge in [0.05, 0.1) is 18.5 Å². The Labute approximate surface area is 220 Å². The summed E-state index contributed by atoms with van der Waals surface area (Å²) >= 11 is 1.61. The number of ether oxygens (including phenoxy) is 2. The SMILES string of the molecule is COc1ccc([C@@H](CCC/C=C/C(=O)Nc2ccccc2N)OC(=O)Nc2ccc(SC)cc2)cc1O. The molecule has 37 heavy (non-hydrogen) atoms. The van der Waals surface area contributed by atoms with Crippen LogP contribution in [-0.2, 0) is 9.53 Å². The second-order valence-corrected chi connectivity index (χ2v) is 8.97. The number of nitrogen functional groups attached to an aromatic ring is 1. The van der Waals surface area contributed by atoms with Crippen LogP contribution in [0.4, 0.5) is 21.9 Å². The Hall–Kier alpha value is -4.11. The van der Waals surface area contributed by atoms with Gasteiger partial charge in [0.25, 0.3) is 0 Å². The molecule has 3 aromatic carbocycles. The Morgan fingerprint density at radius 1 is 1.08 bits per heavy atom. The fraction of sp³-hybridized carbons (Fsp3) is 0.214. The Morgan fingerprint density at radius 2 is 1.84 bits per heavy atom. The van der Waals surface area contributed by atoms with Crippen molar-refractivity contribution in [2.45, 2.75) is 30.3 Å². The van der Waals surface area contributed by atoms with E-state index in [1.54, 1.807) is 66.4 Å². The molecule has 3 rings (SSSR count). The number of unbranched alkanes of at least 4 members (excludes halogenated alkanes) is 1.